The highest BCUT2D eigenvalue weighted by Crippen LogP contribution is 2.23. The first kappa shape index (κ1) is 14.4. The van der Waals surface area contributed by atoms with Gasteiger partial charge >= 0.3 is 0 Å². The van der Waals surface area contributed by atoms with E-state index in [4.69, 9.17) is 5.73 Å². The summed E-state index contributed by atoms with van der Waals surface area (Å²) in [4.78, 5) is 17.4. The van der Waals surface area contributed by atoms with Crippen molar-refractivity contribution >= 4 is 28.6 Å². The van der Waals surface area contributed by atoms with Crippen LogP contribution in [0.15, 0.2) is 35.7 Å². The second-order valence-electron chi connectivity index (χ2n) is 4.91. The van der Waals surface area contributed by atoms with E-state index in [1.165, 1.54) is 0 Å². The van der Waals surface area contributed by atoms with Gasteiger partial charge in [-0.1, -0.05) is 6.07 Å². The minimum absolute atomic E-state index is 0.0191. The second kappa shape index (κ2) is 5.96. The van der Waals surface area contributed by atoms with Gasteiger partial charge in [0.1, 0.15) is 0 Å². The normalized spacial score (nSPS) is 10.3. The van der Waals surface area contributed by atoms with Crippen molar-refractivity contribution in [2.24, 2.45) is 0 Å². The monoisotopic (exact) mass is 289 g/mol. The van der Waals surface area contributed by atoms with E-state index in [-0.39, 0.29) is 5.91 Å². The molecule has 0 fully saturated rings. The smallest absolute Gasteiger partial charge is 0.256 e. The molecule has 5 heteroatoms. The maximum absolute atomic E-state index is 12.6. The zero-order valence-corrected chi connectivity index (χ0v) is 12.8. The molecule has 0 spiro atoms. The van der Waals surface area contributed by atoms with Crippen molar-refractivity contribution < 1.29 is 4.79 Å². The lowest BCUT2D eigenvalue weighted by Gasteiger charge is -2.22. The summed E-state index contributed by atoms with van der Waals surface area (Å²) >= 11 is 1.65. The van der Waals surface area contributed by atoms with Crippen molar-refractivity contribution in [1.29, 1.82) is 0 Å². The third-order valence-corrected chi connectivity index (χ3v) is 3.91. The Hall–Kier alpha value is -2.01. The molecule has 2 N–H and O–H groups in total. The van der Waals surface area contributed by atoms with Gasteiger partial charge in [-0.15, -0.1) is 11.3 Å². The molecule has 0 bridgehead atoms. The summed E-state index contributed by atoms with van der Waals surface area (Å²) in [5, 5.41) is 2.01. The zero-order chi connectivity index (χ0) is 14.7. The Bertz CT molecular complexity index is 593. The highest BCUT2D eigenvalue weighted by Gasteiger charge is 2.17. The van der Waals surface area contributed by atoms with Gasteiger partial charge in [-0.25, -0.2) is 0 Å². The van der Waals surface area contributed by atoms with Crippen molar-refractivity contribution in [1.82, 2.24) is 4.90 Å². The molecule has 2 aromatic rings. The SMILES string of the molecule is CN(Cc1cccs1)C(=O)c1cc(N)ccc1N(C)C. The fourth-order valence-corrected chi connectivity index (χ4v) is 2.79. The number of benzene rings is 1. The number of nitrogens with two attached hydrogens (primary N) is 1. The van der Waals surface area contributed by atoms with Crippen molar-refractivity contribution in [2.45, 2.75) is 6.54 Å². The maximum atomic E-state index is 12.6. The molecule has 0 aliphatic heterocycles. The Morgan fingerprint density at radius 1 is 1.25 bits per heavy atom. The van der Waals surface area contributed by atoms with Crippen LogP contribution < -0.4 is 10.6 Å². The minimum Gasteiger partial charge on any atom is -0.399 e. The lowest BCUT2D eigenvalue weighted by molar-refractivity contribution is 0.0787. The molecule has 2 rings (SSSR count). The van der Waals surface area contributed by atoms with Crippen molar-refractivity contribution in [3.63, 3.8) is 0 Å². The number of hydrogen-bond donors (Lipinski definition) is 1. The Morgan fingerprint density at radius 2 is 2.00 bits per heavy atom. The Labute approximate surface area is 123 Å². The van der Waals surface area contributed by atoms with E-state index in [2.05, 4.69) is 0 Å². The van der Waals surface area contributed by atoms with Crippen molar-refractivity contribution in [2.75, 3.05) is 31.8 Å². The highest BCUT2D eigenvalue weighted by molar-refractivity contribution is 7.09. The number of nitrogen functional groups attached to an aromatic ring is 1. The Morgan fingerprint density at radius 3 is 2.60 bits per heavy atom. The number of thiophene rings is 1. The lowest BCUT2D eigenvalue weighted by atomic mass is 10.1. The van der Waals surface area contributed by atoms with Crippen LogP contribution >= 0.6 is 11.3 Å². The lowest BCUT2D eigenvalue weighted by Crippen LogP contribution is -2.27. The molecule has 0 saturated heterocycles. The summed E-state index contributed by atoms with van der Waals surface area (Å²) in [7, 11) is 5.65. The number of carbonyl (C=O) groups excluding carboxylic acids is 1. The average molecular weight is 289 g/mol. The summed E-state index contributed by atoms with van der Waals surface area (Å²) in [5.41, 5.74) is 7.93. The first-order valence-electron chi connectivity index (χ1n) is 6.33. The number of carbonyl (C=O) groups is 1. The van der Waals surface area contributed by atoms with Gasteiger partial charge in [0.25, 0.3) is 5.91 Å². The standard InChI is InChI=1S/C15H19N3OS/c1-17(2)14-7-6-11(16)9-13(14)15(19)18(3)10-12-5-4-8-20-12/h4-9H,10,16H2,1-3H3. The molecule has 1 heterocycles. The summed E-state index contributed by atoms with van der Waals surface area (Å²) in [5.74, 6) is -0.0191. The predicted octanol–water partition coefficient (Wildman–Crippen LogP) is 2.67. The number of anilines is 2. The van der Waals surface area contributed by atoms with E-state index >= 15 is 0 Å². The molecule has 106 valence electrons. The van der Waals surface area contributed by atoms with Crippen molar-refractivity contribution in [3.05, 3.63) is 46.2 Å². The molecule has 0 aliphatic carbocycles. The minimum atomic E-state index is -0.0191. The topological polar surface area (TPSA) is 49.6 Å². The van der Waals surface area contributed by atoms with Crippen LogP contribution in [-0.2, 0) is 6.54 Å². The summed E-state index contributed by atoms with van der Waals surface area (Å²) < 4.78 is 0. The van der Waals surface area contributed by atoms with Crippen LogP contribution in [0.5, 0.6) is 0 Å². The summed E-state index contributed by atoms with van der Waals surface area (Å²) in [6.45, 7) is 0.609. The van der Waals surface area contributed by atoms with Crippen LogP contribution in [-0.4, -0.2) is 32.0 Å². The van der Waals surface area contributed by atoms with E-state index in [1.54, 1.807) is 22.3 Å². The van der Waals surface area contributed by atoms with Gasteiger partial charge in [0, 0.05) is 37.4 Å². The van der Waals surface area contributed by atoms with Gasteiger partial charge in [0.05, 0.1) is 12.1 Å². The van der Waals surface area contributed by atoms with Gasteiger partial charge in [0.15, 0.2) is 0 Å². The number of nitrogens with zero attached hydrogens (tertiary/aromatic N) is 2. The van der Waals surface area contributed by atoms with Crippen LogP contribution in [0.2, 0.25) is 0 Å². The van der Waals surface area contributed by atoms with Crippen LogP contribution in [0, 0.1) is 0 Å². The zero-order valence-electron chi connectivity index (χ0n) is 12.0. The second-order valence-corrected chi connectivity index (χ2v) is 5.94. The fourth-order valence-electron chi connectivity index (χ4n) is 2.03. The largest absolute Gasteiger partial charge is 0.399 e. The molecule has 1 aromatic carbocycles. The first-order valence-corrected chi connectivity index (χ1v) is 7.21. The van der Waals surface area contributed by atoms with E-state index < -0.39 is 0 Å². The van der Waals surface area contributed by atoms with Gasteiger partial charge in [0.2, 0.25) is 0 Å². The molecule has 0 aliphatic rings. The van der Waals surface area contributed by atoms with Gasteiger partial charge in [-0.3, -0.25) is 4.79 Å². The Balaban J connectivity index is 2.25. The molecule has 0 unspecified atom stereocenters. The highest BCUT2D eigenvalue weighted by atomic mass is 32.1. The molecular formula is C15H19N3OS. The van der Waals surface area contributed by atoms with E-state index in [0.29, 0.717) is 17.8 Å². The predicted molar refractivity (Wildman–Crippen MR) is 85.3 cm³/mol. The third kappa shape index (κ3) is 3.11. The molecule has 4 nitrogen and oxygen atoms in total. The molecule has 0 atom stereocenters. The quantitative estimate of drug-likeness (QED) is 0.880. The fraction of sp³-hybridized carbons (Fsp3) is 0.267. The van der Waals surface area contributed by atoms with Gasteiger partial charge < -0.3 is 15.5 Å². The molecule has 1 aromatic heterocycles. The number of amides is 1. The van der Waals surface area contributed by atoms with Crippen LogP contribution in [0.1, 0.15) is 15.2 Å². The number of hydrogen-bond acceptors (Lipinski definition) is 4. The number of rotatable bonds is 4. The summed E-state index contributed by atoms with van der Waals surface area (Å²) in [6, 6.07) is 9.44. The first-order chi connectivity index (χ1) is 9.49. The molecule has 0 radical (unpaired) electrons. The summed E-state index contributed by atoms with van der Waals surface area (Å²) in [6.07, 6.45) is 0. The molecule has 1 amide bonds. The maximum Gasteiger partial charge on any atom is 0.256 e. The third-order valence-electron chi connectivity index (χ3n) is 3.05. The van der Waals surface area contributed by atoms with Crippen LogP contribution in [0.3, 0.4) is 0 Å². The van der Waals surface area contributed by atoms with Crippen LogP contribution in [0.4, 0.5) is 11.4 Å². The molecular weight excluding hydrogens is 270 g/mol. The van der Waals surface area contributed by atoms with Gasteiger partial charge in [-0.2, -0.15) is 0 Å². The molecule has 20 heavy (non-hydrogen) atoms. The van der Waals surface area contributed by atoms with Crippen molar-refractivity contribution in [3.8, 4) is 0 Å². The van der Waals surface area contributed by atoms with E-state index in [9.17, 15) is 4.79 Å². The van der Waals surface area contributed by atoms with Crippen LogP contribution in [0.25, 0.3) is 0 Å². The Kier molecular flexibility index (Phi) is 4.29. The van der Waals surface area contributed by atoms with Gasteiger partial charge in [-0.05, 0) is 29.6 Å². The molecule has 0 saturated carbocycles. The van der Waals surface area contributed by atoms with E-state index in [0.717, 1.165) is 10.6 Å². The van der Waals surface area contributed by atoms with E-state index in [1.807, 2.05) is 55.7 Å². The average Bonchev–Trinajstić information content (AvgIpc) is 2.90.